The van der Waals surface area contributed by atoms with Crippen LogP contribution in [0.25, 0.3) is 0 Å². The molecule has 2 amide bonds. The van der Waals surface area contributed by atoms with E-state index in [1.807, 2.05) is 0 Å². The molecule has 0 unspecified atom stereocenters. The summed E-state index contributed by atoms with van der Waals surface area (Å²) >= 11 is 3.33. The maximum atomic E-state index is 12.8. The fourth-order valence-electron chi connectivity index (χ4n) is 2.96. The number of carbonyl (C=O) groups is 2. The van der Waals surface area contributed by atoms with Crippen LogP contribution in [0.2, 0.25) is 0 Å². The zero-order chi connectivity index (χ0) is 21.1. The Bertz CT molecular complexity index is 724. The van der Waals surface area contributed by atoms with Crippen LogP contribution in [0.15, 0.2) is 22.7 Å². The van der Waals surface area contributed by atoms with Gasteiger partial charge in [-0.15, -0.1) is 0 Å². The molecule has 1 aromatic carbocycles. The molecule has 156 valence electrons. The van der Waals surface area contributed by atoms with Gasteiger partial charge in [0.1, 0.15) is 5.60 Å². The molecular weight excluding hydrogens is 441 g/mol. The maximum absolute atomic E-state index is 12.8. The van der Waals surface area contributed by atoms with Crippen molar-refractivity contribution < 1.29 is 27.5 Å². The Kier molecular flexibility index (Phi) is 7.01. The Hall–Kier alpha value is -1.77. The summed E-state index contributed by atoms with van der Waals surface area (Å²) in [6, 6.07) is 5.00. The monoisotopic (exact) mass is 464 g/mol. The molecule has 0 spiro atoms. The topological polar surface area (TPSA) is 58.6 Å². The summed E-state index contributed by atoms with van der Waals surface area (Å²) in [5.41, 5.74) is 0.417. The van der Waals surface area contributed by atoms with Gasteiger partial charge in [-0.25, -0.2) is 4.79 Å². The van der Waals surface area contributed by atoms with Gasteiger partial charge in [0.2, 0.25) is 0 Å². The van der Waals surface area contributed by atoms with Crippen LogP contribution in [0.5, 0.6) is 0 Å². The third kappa shape index (κ3) is 6.68. The summed E-state index contributed by atoms with van der Waals surface area (Å²) in [7, 11) is 0. The predicted octanol–water partition coefficient (Wildman–Crippen LogP) is 4.89. The average molecular weight is 465 g/mol. The van der Waals surface area contributed by atoms with E-state index < -0.39 is 23.8 Å². The normalized spacial score (nSPS) is 16.0. The summed E-state index contributed by atoms with van der Waals surface area (Å²) < 4.78 is 44.2. The molecule has 1 aliphatic rings. The minimum Gasteiger partial charge on any atom is -0.444 e. The summed E-state index contributed by atoms with van der Waals surface area (Å²) in [4.78, 5) is 25.9. The molecule has 1 aliphatic heterocycles. The number of hydrogen-bond acceptors (Lipinski definition) is 3. The quantitative estimate of drug-likeness (QED) is 0.692. The predicted molar refractivity (Wildman–Crippen MR) is 102 cm³/mol. The van der Waals surface area contributed by atoms with Crippen molar-refractivity contribution >= 4 is 27.9 Å². The Morgan fingerprint density at radius 1 is 1.18 bits per heavy atom. The standard InChI is InChI=1S/C19H24BrF3N2O3/c1-18(2,3)28-17(27)24-11-12-8-13(10-15(20)9-12)16(26)25-6-4-14(5-7-25)19(21,22)23/h8-10,14H,4-7,11H2,1-3H3,(H,24,27). The summed E-state index contributed by atoms with van der Waals surface area (Å²) in [5.74, 6) is -1.67. The molecule has 0 radical (unpaired) electrons. The van der Waals surface area contributed by atoms with Crippen molar-refractivity contribution in [2.24, 2.45) is 5.92 Å². The molecule has 0 aromatic heterocycles. The molecule has 0 atom stereocenters. The molecule has 1 saturated heterocycles. The van der Waals surface area contributed by atoms with Crippen molar-refractivity contribution in [2.75, 3.05) is 13.1 Å². The lowest BCUT2D eigenvalue weighted by molar-refractivity contribution is -0.183. The van der Waals surface area contributed by atoms with E-state index >= 15 is 0 Å². The zero-order valence-corrected chi connectivity index (χ0v) is 17.6. The number of halogens is 4. The highest BCUT2D eigenvalue weighted by molar-refractivity contribution is 9.10. The Morgan fingerprint density at radius 3 is 2.32 bits per heavy atom. The van der Waals surface area contributed by atoms with Crippen LogP contribution in [-0.2, 0) is 11.3 Å². The Balaban J connectivity index is 2.01. The Labute approximate surface area is 170 Å². The number of nitrogens with one attached hydrogen (secondary N) is 1. The lowest BCUT2D eigenvalue weighted by Crippen LogP contribution is -2.42. The van der Waals surface area contributed by atoms with Gasteiger partial charge < -0.3 is 15.0 Å². The minimum atomic E-state index is -4.22. The summed E-state index contributed by atoms with van der Waals surface area (Å²) in [6.07, 6.45) is -4.97. The second-order valence-electron chi connectivity index (χ2n) is 7.81. The van der Waals surface area contributed by atoms with E-state index in [1.165, 1.54) is 4.90 Å². The highest BCUT2D eigenvalue weighted by atomic mass is 79.9. The smallest absolute Gasteiger partial charge is 0.407 e. The van der Waals surface area contributed by atoms with Gasteiger partial charge in [-0.05, 0) is 57.4 Å². The first-order chi connectivity index (χ1) is 12.8. The molecule has 1 N–H and O–H groups in total. The van der Waals surface area contributed by atoms with Crippen LogP contribution >= 0.6 is 15.9 Å². The minimum absolute atomic E-state index is 0.0705. The molecule has 1 heterocycles. The molecule has 5 nitrogen and oxygen atoms in total. The molecule has 0 aliphatic carbocycles. The van der Waals surface area contributed by atoms with Crippen molar-refractivity contribution in [3.63, 3.8) is 0 Å². The van der Waals surface area contributed by atoms with Crippen LogP contribution in [0.3, 0.4) is 0 Å². The van der Waals surface area contributed by atoms with Crippen LogP contribution in [0, 0.1) is 5.92 Å². The Morgan fingerprint density at radius 2 is 1.79 bits per heavy atom. The summed E-state index contributed by atoms with van der Waals surface area (Å²) in [5, 5.41) is 2.62. The second-order valence-corrected chi connectivity index (χ2v) is 8.73. The number of nitrogens with zero attached hydrogens (tertiary/aromatic N) is 1. The van der Waals surface area contributed by atoms with Crippen LogP contribution in [0.1, 0.15) is 49.5 Å². The molecule has 1 aromatic rings. The SMILES string of the molecule is CC(C)(C)OC(=O)NCc1cc(Br)cc(C(=O)N2CCC(C(F)(F)F)CC2)c1. The van der Waals surface area contributed by atoms with Crippen molar-refractivity contribution in [1.29, 1.82) is 0 Å². The number of hydrogen-bond donors (Lipinski definition) is 1. The van der Waals surface area contributed by atoms with Crippen LogP contribution in [-0.4, -0.2) is 41.8 Å². The number of benzene rings is 1. The lowest BCUT2D eigenvalue weighted by atomic mass is 9.95. The van der Waals surface area contributed by atoms with Crippen LogP contribution in [0.4, 0.5) is 18.0 Å². The number of alkyl carbamates (subject to hydrolysis) is 1. The largest absolute Gasteiger partial charge is 0.444 e. The van der Waals surface area contributed by atoms with Crippen molar-refractivity contribution in [3.8, 4) is 0 Å². The van der Waals surface area contributed by atoms with E-state index in [0.29, 0.717) is 15.6 Å². The molecule has 1 fully saturated rings. The van der Waals surface area contributed by atoms with Gasteiger partial charge in [-0.2, -0.15) is 13.2 Å². The fourth-order valence-corrected chi connectivity index (χ4v) is 3.50. The first-order valence-electron chi connectivity index (χ1n) is 8.97. The fraction of sp³-hybridized carbons (Fsp3) is 0.579. The number of rotatable bonds is 3. The van der Waals surface area contributed by atoms with E-state index in [4.69, 9.17) is 4.74 Å². The van der Waals surface area contributed by atoms with E-state index in [1.54, 1.807) is 39.0 Å². The van der Waals surface area contributed by atoms with Crippen molar-refractivity contribution in [3.05, 3.63) is 33.8 Å². The average Bonchev–Trinajstić information content (AvgIpc) is 2.57. The first-order valence-corrected chi connectivity index (χ1v) is 9.77. The van der Waals surface area contributed by atoms with E-state index in [2.05, 4.69) is 21.2 Å². The number of carbonyl (C=O) groups excluding carboxylic acids is 2. The molecule has 28 heavy (non-hydrogen) atoms. The van der Waals surface area contributed by atoms with Gasteiger partial charge in [0.05, 0.1) is 5.92 Å². The molecule has 9 heteroatoms. The van der Waals surface area contributed by atoms with Crippen LogP contribution < -0.4 is 5.32 Å². The second kappa shape index (κ2) is 8.71. The van der Waals surface area contributed by atoms with Gasteiger partial charge in [0.25, 0.3) is 5.91 Å². The van der Waals surface area contributed by atoms with Gasteiger partial charge in [-0.3, -0.25) is 4.79 Å². The molecule has 0 bridgehead atoms. The third-order valence-corrected chi connectivity index (χ3v) is 4.74. The number of alkyl halides is 3. The number of amides is 2. The molecule has 2 rings (SSSR count). The van der Waals surface area contributed by atoms with Gasteiger partial charge in [-0.1, -0.05) is 15.9 Å². The number of likely N-dealkylation sites (tertiary alicyclic amines) is 1. The van der Waals surface area contributed by atoms with Crippen molar-refractivity contribution in [1.82, 2.24) is 10.2 Å². The first kappa shape index (κ1) is 22.5. The lowest BCUT2D eigenvalue weighted by Gasteiger charge is -2.33. The van der Waals surface area contributed by atoms with E-state index in [0.717, 1.165) is 0 Å². The van der Waals surface area contributed by atoms with Gasteiger partial charge in [0.15, 0.2) is 0 Å². The highest BCUT2D eigenvalue weighted by Crippen LogP contribution is 2.34. The van der Waals surface area contributed by atoms with E-state index in [-0.39, 0.29) is 38.4 Å². The third-order valence-electron chi connectivity index (χ3n) is 4.29. The van der Waals surface area contributed by atoms with Crippen molar-refractivity contribution in [2.45, 2.75) is 51.9 Å². The zero-order valence-electron chi connectivity index (χ0n) is 16.0. The van der Waals surface area contributed by atoms with Gasteiger partial charge >= 0.3 is 12.3 Å². The van der Waals surface area contributed by atoms with E-state index in [9.17, 15) is 22.8 Å². The maximum Gasteiger partial charge on any atom is 0.407 e. The highest BCUT2D eigenvalue weighted by Gasteiger charge is 2.41. The number of ether oxygens (including phenoxy) is 1. The number of piperidine rings is 1. The summed E-state index contributed by atoms with van der Waals surface area (Å²) in [6.45, 7) is 5.56. The van der Waals surface area contributed by atoms with Gasteiger partial charge in [0, 0.05) is 29.7 Å². The molecule has 0 saturated carbocycles. The molecular formula is C19H24BrF3N2O3.